The second-order valence-corrected chi connectivity index (χ2v) is 9.55. The normalized spacial score (nSPS) is 32.6. The van der Waals surface area contributed by atoms with E-state index in [1.165, 1.54) is 24.3 Å². The van der Waals surface area contributed by atoms with Crippen molar-refractivity contribution in [2.24, 2.45) is 41.4 Å². The monoisotopic (exact) mass is 440 g/mol. The maximum absolute atomic E-state index is 13.3. The Labute approximate surface area is 185 Å². The number of hydrogen-bond donors (Lipinski definition) is 1. The maximum Gasteiger partial charge on any atom is 0.330 e. The van der Waals surface area contributed by atoms with E-state index in [1.807, 2.05) is 0 Å². The quantitative estimate of drug-likeness (QED) is 0.417. The number of rotatable bonds is 6. The van der Waals surface area contributed by atoms with Crippen molar-refractivity contribution >= 4 is 29.4 Å². The Morgan fingerprint density at radius 1 is 1.06 bits per heavy atom. The lowest BCUT2D eigenvalue weighted by Crippen LogP contribution is -2.49. The maximum atomic E-state index is 13.3. The lowest BCUT2D eigenvalue weighted by Gasteiger charge is -2.37. The van der Waals surface area contributed by atoms with Crippen LogP contribution in [0.5, 0.6) is 0 Å². The molecule has 1 aromatic carbocycles. The predicted molar refractivity (Wildman–Crippen MR) is 111 cm³/mol. The number of hydrogen-bond acceptors (Lipinski definition) is 5. The molecule has 0 radical (unpaired) electrons. The number of benzene rings is 1. The zero-order valence-electron chi connectivity index (χ0n) is 17.9. The SMILES string of the molecule is CC(C)[C@H](C(=O)OCC(=O)Nc1ccc(F)cc1)N1C(=O)[C@@H]2[C@@H]3C=C[C@H]([C@H]4C[C@@H]34)[C@@H]2C1=O. The van der Waals surface area contributed by atoms with E-state index in [2.05, 4.69) is 17.5 Å². The van der Waals surface area contributed by atoms with Gasteiger partial charge in [-0.2, -0.15) is 0 Å². The van der Waals surface area contributed by atoms with Gasteiger partial charge in [0.1, 0.15) is 11.9 Å². The Hall–Kier alpha value is -3.03. The Kier molecular flexibility index (Phi) is 4.91. The molecular weight excluding hydrogens is 415 g/mol. The molecule has 1 aromatic rings. The zero-order valence-corrected chi connectivity index (χ0v) is 17.9. The molecule has 6 rings (SSSR count). The van der Waals surface area contributed by atoms with Crippen LogP contribution in [0.1, 0.15) is 20.3 Å². The van der Waals surface area contributed by atoms with E-state index in [1.54, 1.807) is 13.8 Å². The minimum atomic E-state index is -1.07. The summed E-state index contributed by atoms with van der Waals surface area (Å²) >= 11 is 0. The number of nitrogens with one attached hydrogen (secondary N) is 1. The highest BCUT2D eigenvalue weighted by Crippen LogP contribution is 2.65. The third-order valence-corrected chi connectivity index (χ3v) is 7.32. The largest absolute Gasteiger partial charge is 0.454 e. The Morgan fingerprint density at radius 3 is 2.16 bits per heavy atom. The van der Waals surface area contributed by atoms with Crippen LogP contribution in [0.4, 0.5) is 10.1 Å². The summed E-state index contributed by atoms with van der Waals surface area (Å²) in [5.41, 5.74) is 0.364. The van der Waals surface area contributed by atoms with Crippen molar-refractivity contribution in [2.45, 2.75) is 26.3 Å². The van der Waals surface area contributed by atoms with Crippen LogP contribution in [0.2, 0.25) is 0 Å². The van der Waals surface area contributed by atoms with Crippen molar-refractivity contribution in [3.05, 3.63) is 42.2 Å². The summed E-state index contributed by atoms with van der Waals surface area (Å²) in [6.45, 7) is 2.92. The van der Waals surface area contributed by atoms with Gasteiger partial charge in [-0.3, -0.25) is 19.3 Å². The topological polar surface area (TPSA) is 92.8 Å². The zero-order chi connectivity index (χ0) is 22.7. The molecule has 3 amide bonds. The number of imide groups is 1. The van der Waals surface area contributed by atoms with Gasteiger partial charge in [0, 0.05) is 5.69 Å². The van der Waals surface area contributed by atoms with E-state index >= 15 is 0 Å². The molecule has 1 N–H and O–H groups in total. The molecule has 0 spiro atoms. The molecule has 1 aliphatic heterocycles. The van der Waals surface area contributed by atoms with Gasteiger partial charge in [0.05, 0.1) is 11.8 Å². The van der Waals surface area contributed by atoms with Crippen molar-refractivity contribution in [1.29, 1.82) is 0 Å². The fourth-order valence-electron chi connectivity index (χ4n) is 5.88. The highest BCUT2D eigenvalue weighted by molar-refractivity contribution is 6.09. The summed E-state index contributed by atoms with van der Waals surface area (Å²) in [6, 6.07) is 4.11. The van der Waals surface area contributed by atoms with E-state index < -0.39 is 42.2 Å². The second kappa shape index (κ2) is 7.53. The molecule has 0 aromatic heterocycles. The lowest BCUT2D eigenvalue weighted by atomic mass is 9.63. The fourth-order valence-corrected chi connectivity index (χ4v) is 5.88. The number of nitrogens with zero attached hydrogens (tertiary/aromatic N) is 1. The van der Waals surface area contributed by atoms with Gasteiger partial charge in [0.2, 0.25) is 11.8 Å². The predicted octanol–water partition coefficient (Wildman–Crippen LogP) is 2.39. The number of anilines is 1. The number of allylic oxidation sites excluding steroid dienone is 2. The summed E-state index contributed by atoms with van der Waals surface area (Å²) in [5, 5.41) is 2.51. The first-order valence-corrected chi connectivity index (χ1v) is 11.0. The molecule has 7 atom stereocenters. The van der Waals surface area contributed by atoms with Gasteiger partial charge in [-0.25, -0.2) is 9.18 Å². The van der Waals surface area contributed by atoms with Crippen LogP contribution >= 0.6 is 0 Å². The molecule has 1 saturated heterocycles. The number of carbonyl (C=O) groups is 4. The van der Waals surface area contributed by atoms with Gasteiger partial charge in [0.15, 0.2) is 6.61 Å². The number of carbonyl (C=O) groups excluding carboxylic acids is 4. The minimum absolute atomic E-state index is 0.0711. The van der Waals surface area contributed by atoms with Gasteiger partial charge < -0.3 is 10.1 Å². The Morgan fingerprint density at radius 2 is 1.62 bits per heavy atom. The first-order chi connectivity index (χ1) is 15.3. The third-order valence-electron chi connectivity index (χ3n) is 7.32. The van der Waals surface area contributed by atoms with Crippen molar-refractivity contribution in [3.8, 4) is 0 Å². The van der Waals surface area contributed by atoms with E-state index in [0.717, 1.165) is 11.3 Å². The van der Waals surface area contributed by atoms with Crippen LogP contribution in [0.25, 0.3) is 0 Å². The Bertz CT molecular complexity index is 984. The molecule has 3 fully saturated rings. The van der Waals surface area contributed by atoms with Crippen LogP contribution in [-0.4, -0.2) is 41.2 Å². The minimum Gasteiger partial charge on any atom is -0.454 e. The van der Waals surface area contributed by atoms with Crippen molar-refractivity contribution in [2.75, 3.05) is 11.9 Å². The third kappa shape index (κ3) is 3.24. The summed E-state index contributed by atoms with van der Waals surface area (Å²) in [7, 11) is 0. The first kappa shape index (κ1) is 20.8. The number of halogens is 1. The van der Waals surface area contributed by atoms with Gasteiger partial charge in [-0.05, 0) is 60.3 Å². The average molecular weight is 440 g/mol. The fraction of sp³-hybridized carbons (Fsp3) is 0.500. The molecule has 4 aliphatic carbocycles. The molecule has 8 heteroatoms. The van der Waals surface area contributed by atoms with Crippen molar-refractivity contribution < 1.29 is 28.3 Å². The van der Waals surface area contributed by atoms with E-state index in [-0.39, 0.29) is 29.6 Å². The van der Waals surface area contributed by atoms with Crippen LogP contribution in [0.3, 0.4) is 0 Å². The molecule has 5 aliphatic rings. The standard InChI is InChI=1S/C24H25FN2O5/c1-11(2)21(24(31)32-10-18(28)26-13-5-3-12(25)4-6-13)27-22(29)19-14-7-8-15(17-9-16(14)17)20(19)23(27)30/h3-8,11,14-17,19-21H,9-10H2,1-2H3,(H,26,28)/t14-,15-,16-,17+,19+,20-,21-/m1/s1. The van der Waals surface area contributed by atoms with Gasteiger partial charge in [0.25, 0.3) is 5.91 Å². The van der Waals surface area contributed by atoms with E-state index in [9.17, 15) is 23.6 Å². The number of amides is 3. The van der Waals surface area contributed by atoms with E-state index in [4.69, 9.17) is 4.74 Å². The summed E-state index contributed by atoms with van der Waals surface area (Å²) in [4.78, 5) is 52.8. The van der Waals surface area contributed by atoms with E-state index in [0.29, 0.717) is 17.5 Å². The lowest BCUT2D eigenvalue weighted by molar-refractivity contribution is -0.162. The van der Waals surface area contributed by atoms with Crippen LogP contribution < -0.4 is 5.32 Å². The molecule has 2 saturated carbocycles. The summed E-state index contributed by atoms with van der Waals surface area (Å²) in [6.07, 6.45) is 5.23. The highest BCUT2D eigenvalue weighted by atomic mass is 19.1. The van der Waals surface area contributed by atoms with Crippen molar-refractivity contribution in [3.63, 3.8) is 0 Å². The van der Waals surface area contributed by atoms with Gasteiger partial charge >= 0.3 is 5.97 Å². The molecule has 7 nitrogen and oxygen atoms in total. The average Bonchev–Trinajstić information content (AvgIpc) is 3.54. The Balaban J connectivity index is 1.27. The summed E-state index contributed by atoms with van der Waals surface area (Å²) in [5.74, 6) is -2.45. The smallest absolute Gasteiger partial charge is 0.330 e. The summed E-state index contributed by atoms with van der Waals surface area (Å²) < 4.78 is 18.2. The molecule has 168 valence electrons. The van der Waals surface area contributed by atoms with Gasteiger partial charge in [-0.15, -0.1) is 0 Å². The van der Waals surface area contributed by atoms with Gasteiger partial charge in [-0.1, -0.05) is 26.0 Å². The second-order valence-electron chi connectivity index (χ2n) is 9.55. The van der Waals surface area contributed by atoms with Crippen molar-refractivity contribution in [1.82, 2.24) is 4.90 Å². The first-order valence-electron chi connectivity index (χ1n) is 11.0. The number of ether oxygens (including phenoxy) is 1. The van der Waals surface area contributed by atoms with Crippen LogP contribution in [0, 0.1) is 47.2 Å². The molecule has 32 heavy (non-hydrogen) atoms. The molecular formula is C24H25FN2O5. The molecule has 0 unspecified atom stereocenters. The van der Waals surface area contributed by atoms with Crippen LogP contribution in [-0.2, 0) is 23.9 Å². The number of likely N-dealkylation sites (tertiary alicyclic amines) is 1. The van der Waals surface area contributed by atoms with Crippen LogP contribution in [0.15, 0.2) is 36.4 Å². The molecule has 1 heterocycles. The molecule has 2 bridgehead atoms. The number of esters is 1. The highest BCUT2D eigenvalue weighted by Gasteiger charge is 2.68.